The number of halogens is 2. The van der Waals surface area contributed by atoms with Crippen LogP contribution >= 0.6 is 31.9 Å². The van der Waals surface area contributed by atoms with Crippen LogP contribution in [-0.2, 0) is 17.9 Å². The van der Waals surface area contributed by atoms with Crippen LogP contribution in [0.5, 0.6) is 11.5 Å². The van der Waals surface area contributed by atoms with Gasteiger partial charge in [-0.3, -0.25) is 4.90 Å². The SMILES string of the molecule is COc1cc(Br)c(CN(C)[C@H](C)COCc2ccccc2Br)cc1OC. The Morgan fingerprint density at radius 2 is 1.62 bits per heavy atom. The zero-order chi connectivity index (χ0) is 19.1. The molecule has 0 unspecified atom stereocenters. The van der Waals surface area contributed by atoms with E-state index in [2.05, 4.69) is 56.8 Å². The first-order valence-corrected chi connectivity index (χ1v) is 9.96. The first-order valence-electron chi connectivity index (χ1n) is 8.38. The molecule has 0 heterocycles. The van der Waals surface area contributed by atoms with Crippen molar-refractivity contribution in [2.24, 2.45) is 0 Å². The minimum absolute atomic E-state index is 0.275. The van der Waals surface area contributed by atoms with Gasteiger partial charge in [0.15, 0.2) is 11.5 Å². The minimum Gasteiger partial charge on any atom is -0.493 e. The van der Waals surface area contributed by atoms with Gasteiger partial charge in [-0.1, -0.05) is 50.1 Å². The van der Waals surface area contributed by atoms with E-state index in [1.165, 1.54) is 0 Å². The van der Waals surface area contributed by atoms with Crippen LogP contribution in [0, 0.1) is 0 Å². The third-order valence-electron chi connectivity index (χ3n) is 4.30. The number of benzene rings is 2. The summed E-state index contributed by atoms with van der Waals surface area (Å²) in [5, 5.41) is 0. The number of hydrogen-bond donors (Lipinski definition) is 0. The molecule has 2 aromatic rings. The Balaban J connectivity index is 1.92. The summed E-state index contributed by atoms with van der Waals surface area (Å²) in [6, 6.07) is 12.3. The fourth-order valence-corrected chi connectivity index (χ4v) is 3.37. The summed E-state index contributed by atoms with van der Waals surface area (Å²) in [5.74, 6) is 1.45. The third-order valence-corrected chi connectivity index (χ3v) is 5.81. The average Bonchev–Trinajstić information content (AvgIpc) is 2.64. The highest BCUT2D eigenvalue weighted by Gasteiger charge is 2.15. The summed E-state index contributed by atoms with van der Waals surface area (Å²) >= 11 is 7.17. The van der Waals surface area contributed by atoms with Crippen molar-refractivity contribution in [2.45, 2.75) is 26.1 Å². The maximum absolute atomic E-state index is 5.90. The largest absolute Gasteiger partial charge is 0.493 e. The third kappa shape index (κ3) is 5.71. The lowest BCUT2D eigenvalue weighted by molar-refractivity contribution is 0.0640. The molecule has 0 saturated heterocycles. The van der Waals surface area contributed by atoms with Crippen molar-refractivity contribution < 1.29 is 14.2 Å². The van der Waals surface area contributed by atoms with Crippen LogP contribution in [0.3, 0.4) is 0 Å². The summed E-state index contributed by atoms with van der Waals surface area (Å²) in [6.07, 6.45) is 0. The standard InChI is InChI=1S/C20H25Br2NO3/c1-14(12-26-13-15-7-5-6-8-17(15)21)23(2)11-16-9-19(24-3)20(25-4)10-18(16)22/h5-10,14H,11-13H2,1-4H3/t14-/m1/s1. The molecule has 0 aliphatic carbocycles. The van der Waals surface area contributed by atoms with Gasteiger partial charge in [0.25, 0.3) is 0 Å². The molecule has 142 valence electrons. The fourth-order valence-electron chi connectivity index (χ4n) is 2.52. The molecule has 0 aromatic heterocycles. The van der Waals surface area contributed by atoms with Crippen LogP contribution in [0.15, 0.2) is 45.3 Å². The van der Waals surface area contributed by atoms with Crippen LogP contribution in [-0.4, -0.2) is 38.8 Å². The molecule has 0 bridgehead atoms. The monoisotopic (exact) mass is 485 g/mol. The van der Waals surface area contributed by atoms with Crippen molar-refractivity contribution in [3.63, 3.8) is 0 Å². The Morgan fingerprint density at radius 3 is 2.27 bits per heavy atom. The van der Waals surface area contributed by atoms with Gasteiger partial charge in [0, 0.05) is 21.5 Å². The van der Waals surface area contributed by atoms with E-state index in [9.17, 15) is 0 Å². The van der Waals surface area contributed by atoms with Gasteiger partial charge in [-0.25, -0.2) is 0 Å². The molecular formula is C20H25Br2NO3. The highest BCUT2D eigenvalue weighted by molar-refractivity contribution is 9.10. The number of methoxy groups -OCH3 is 2. The van der Waals surface area contributed by atoms with Gasteiger partial charge in [-0.05, 0) is 43.3 Å². The van der Waals surface area contributed by atoms with Gasteiger partial charge in [0.2, 0.25) is 0 Å². The van der Waals surface area contributed by atoms with E-state index < -0.39 is 0 Å². The van der Waals surface area contributed by atoms with Gasteiger partial charge in [0.1, 0.15) is 0 Å². The first-order chi connectivity index (χ1) is 12.5. The van der Waals surface area contributed by atoms with Gasteiger partial charge >= 0.3 is 0 Å². The van der Waals surface area contributed by atoms with Crippen molar-refractivity contribution in [1.29, 1.82) is 0 Å². The summed E-state index contributed by atoms with van der Waals surface area (Å²) in [6.45, 7) is 4.19. The zero-order valence-electron chi connectivity index (χ0n) is 15.6. The van der Waals surface area contributed by atoms with Crippen molar-refractivity contribution in [3.05, 3.63) is 56.5 Å². The molecule has 4 nitrogen and oxygen atoms in total. The van der Waals surface area contributed by atoms with Crippen LogP contribution in [0.25, 0.3) is 0 Å². The molecule has 0 spiro atoms. The van der Waals surface area contributed by atoms with E-state index in [0.717, 1.165) is 38.1 Å². The molecule has 2 rings (SSSR count). The van der Waals surface area contributed by atoms with Crippen molar-refractivity contribution in [3.8, 4) is 11.5 Å². The molecule has 0 aliphatic heterocycles. The normalized spacial score (nSPS) is 12.3. The molecule has 0 radical (unpaired) electrons. The molecule has 0 N–H and O–H groups in total. The Morgan fingerprint density at radius 1 is 0.962 bits per heavy atom. The van der Waals surface area contributed by atoms with E-state index in [0.29, 0.717) is 13.2 Å². The molecule has 6 heteroatoms. The smallest absolute Gasteiger partial charge is 0.161 e. The lowest BCUT2D eigenvalue weighted by atomic mass is 10.1. The van der Waals surface area contributed by atoms with Crippen molar-refractivity contribution in [1.82, 2.24) is 4.90 Å². The maximum Gasteiger partial charge on any atom is 0.161 e. The Hall–Kier alpha value is -1.08. The summed E-state index contributed by atoms with van der Waals surface area (Å²) in [5.41, 5.74) is 2.30. The van der Waals surface area contributed by atoms with E-state index in [1.54, 1.807) is 14.2 Å². The first kappa shape index (κ1) is 21.2. The Bertz CT molecular complexity index is 724. The molecule has 26 heavy (non-hydrogen) atoms. The Kier molecular flexibility index (Phi) is 8.41. The summed E-state index contributed by atoms with van der Waals surface area (Å²) in [4.78, 5) is 2.26. The number of likely N-dealkylation sites (N-methyl/N-ethyl adjacent to an activating group) is 1. The number of nitrogens with zero attached hydrogens (tertiary/aromatic N) is 1. The molecule has 0 aliphatic rings. The molecule has 1 atom stereocenters. The second kappa shape index (κ2) is 10.3. The van der Waals surface area contributed by atoms with Gasteiger partial charge in [-0.2, -0.15) is 0 Å². The van der Waals surface area contributed by atoms with Crippen LogP contribution in [0.2, 0.25) is 0 Å². The van der Waals surface area contributed by atoms with E-state index in [1.807, 2.05) is 30.3 Å². The number of ether oxygens (including phenoxy) is 3. The fraction of sp³-hybridized carbons (Fsp3) is 0.400. The van der Waals surface area contributed by atoms with E-state index in [4.69, 9.17) is 14.2 Å². The van der Waals surface area contributed by atoms with Gasteiger partial charge < -0.3 is 14.2 Å². The maximum atomic E-state index is 5.90. The average molecular weight is 487 g/mol. The van der Waals surface area contributed by atoms with Crippen molar-refractivity contribution in [2.75, 3.05) is 27.9 Å². The lowest BCUT2D eigenvalue weighted by Gasteiger charge is -2.25. The van der Waals surface area contributed by atoms with Crippen molar-refractivity contribution >= 4 is 31.9 Å². The quantitative estimate of drug-likeness (QED) is 0.483. The summed E-state index contributed by atoms with van der Waals surface area (Å²) in [7, 11) is 5.38. The van der Waals surface area contributed by atoms with Crippen LogP contribution in [0.4, 0.5) is 0 Å². The van der Waals surface area contributed by atoms with Crippen LogP contribution < -0.4 is 9.47 Å². The molecule has 0 amide bonds. The minimum atomic E-state index is 0.275. The zero-order valence-corrected chi connectivity index (χ0v) is 18.8. The van der Waals surface area contributed by atoms with E-state index >= 15 is 0 Å². The summed E-state index contributed by atoms with van der Waals surface area (Å²) < 4.78 is 18.7. The van der Waals surface area contributed by atoms with Crippen LogP contribution in [0.1, 0.15) is 18.1 Å². The number of hydrogen-bond acceptors (Lipinski definition) is 4. The predicted octanol–water partition coefficient (Wildman–Crippen LogP) is 5.27. The van der Waals surface area contributed by atoms with E-state index in [-0.39, 0.29) is 6.04 Å². The number of rotatable bonds is 9. The lowest BCUT2D eigenvalue weighted by Crippen LogP contribution is -2.32. The highest BCUT2D eigenvalue weighted by Crippen LogP contribution is 2.33. The molecule has 0 saturated carbocycles. The highest BCUT2D eigenvalue weighted by atomic mass is 79.9. The van der Waals surface area contributed by atoms with Gasteiger partial charge in [-0.15, -0.1) is 0 Å². The van der Waals surface area contributed by atoms with Gasteiger partial charge in [0.05, 0.1) is 27.4 Å². The second-order valence-electron chi connectivity index (χ2n) is 6.17. The predicted molar refractivity (Wildman–Crippen MR) is 112 cm³/mol. The molecular weight excluding hydrogens is 462 g/mol. The second-order valence-corrected chi connectivity index (χ2v) is 7.88. The Labute approximate surface area is 172 Å². The molecule has 2 aromatic carbocycles. The molecule has 0 fully saturated rings. The topological polar surface area (TPSA) is 30.9 Å².